The topological polar surface area (TPSA) is 38.7 Å². The van der Waals surface area contributed by atoms with Crippen molar-refractivity contribution in [3.8, 4) is 0 Å². The molecule has 0 aliphatic heterocycles. The van der Waals surface area contributed by atoms with Gasteiger partial charge >= 0.3 is 0 Å². The third-order valence-electron chi connectivity index (χ3n) is 9.73. The van der Waals surface area contributed by atoms with Crippen LogP contribution in [0.4, 0.5) is 0 Å². The molecule has 1 saturated carbocycles. The molecule has 170 valence electrons. The standard InChI is InChI=1S/C27H44O3/c1-8-29-18(3)30-24-14-16-27(7)22-13-15-26(6)20(17(2)28)10-11-21(26)19(22)9-12-23(27)25(24,4)5/h11,17-18,20,23-24,28H,8-10,12-16H2,1-7H3/t17-,18?,20-,23+,24+,26-,27-/m1/s1. The zero-order chi connectivity index (χ0) is 21.9. The van der Waals surface area contributed by atoms with E-state index in [4.69, 9.17) is 9.47 Å². The Morgan fingerprint density at radius 3 is 2.47 bits per heavy atom. The molecular formula is C27H44O3. The average molecular weight is 417 g/mol. The molecule has 4 aliphatic rings. The number of rotatable bonds is 5. The molecule has 30 heavy (non-hydrogen) atoms. The largest absolute Gasteiger partial charge is 0.393 e. The van der Waals surface area contributed by atoms with E-state index in [9.17, 15) is 5.11 Å². The third kappa shape index (κ3) is 3.26. The van der Waals surface area contributed by atoms with Crippen LogP contribution < -0.4 is 0 Å². The lowest BCUT2D eigenvalue weighted by molar-refractivity contribution is -0.214. The maximum absolute atomic E-state index is 10.4. The van der Waals surface area contributed by atoms with Gasteiger partial charge in [-0.2, -0.15) is 0 Å². The summed E-state index contributed by atoms with van der Waals surface area (Å²) in [5, 5.41) is 10.4. The molecule has 4 aliphatic carbocycles. The van der Waals surface area contributed by atoms with Gasteiger partial charge in [0.15, 0.2) is 6.29 Å². The van der Waals surface area contributed by atoms with Crippen molar-refractivity contribution < 1.29 is 14.6 Å². The summed E-state index contributed by atoms with van der Waals surface area (Å²) in [6.45, 7) is 16.6. The summed E-state index contributed by atoms with van der Waals surface area (Å²) in [6, 6.07) is 0. The summed E-state index contributed by atoms with van der Waals surface area (Å²) in [6.07, 6.45) is 10.6. The van der Waals surface area contributed by atoms with Gasteiger partial charge in [0.25, 0.3) is 0 Å². The third-order valence-corrected chi connectivity index (χ3v) is 9.73. The van der Waals surface area contributed by atoms with Crippen LogP contribution in [0.3, 0.4) is 0 Å². The van der Waals surface area contributed by atoms with Gasteiger partial charge in [-0.3, -0.25) is 0 Å². The van der Waals surface area contributed by atoms with Crippen LogP contribution in [0.15, 0.2) is 22.8 Å². The van der Waals surface area contributed by atoms with Crippen molar-refractivity contribution in [2.75, 3.05) is 6.61 Å². The van der Waals surface area contributed by atoms with Gasteiger partial charge < -0.3 is 14.6 Å². The first kappa shape index (κ1) is 22.6. The molecule has 1 unspecified atom stereocenters. The molecule has 0 aromatic rings. The van der Waals surface area contributed by atoms with Crippen LogP contribution in [0, 0.1) is 28.1 Å². The number of hydrogen-bond acceptors (Lipinski definition) is 3. The molecule has 3 nitrogen and oxygen atoms in total. The van der Waals surface area contributed by atoms with Crippen LogP contribution in [-0.2, 0) is 9.47 Å². The molecule has 0 heterocycles. The molecule has 0 aromatic heterocycles. The quantitative estimate of drug-likeness (QED) is 0.526. The molecule has 3 heteroatoms. The molecular weight excluding hydrogens is 372 g/mol. The highest BCUT2D eigenvalue weighted by molar-refractivity contribution is 5.49. The SMILES string of the molecule is CCOC(C)O[C@H]1CC[C@]2(C)C3=C(CC[C@H]2C1(C)C)C1=CC[C@H]([C@@H](C)O)[C@@]1(C)CC3. The van der Waals surface area contributed by atoms with Crippen molar-refractivity contribution >= 4 is 0 Å². The van der Waals surface area contributed by atoms with Gasteiger partial charge in [0.05, 0.1) is 12.2 Å². The second kappa shape index (κ2) is 7.74. The Balaban J connectivity index is 1.63. The Morgan fingerprint density at radius 1 is 1.07 bits per heavy atom. The highest BCUT2D eigenvalue weighted by Gasteiger charge is 2.58. The fraction of sp³-hybridized carbons (Fsp3) is 0.852. The summed E-state index contributed by atoms with van der Waals surface area (Å²) in [5.41, 5.74) is 5.59. The van der Waals surface area contributed by atoms with Crippen LogP contribution in [0.1, 0.15) is 93.4 Å². The van der Waals surface area contributed by atoms with E-state index in [1.165, 1.54) is 32.1 Å². The predicted octanol–water partition coefficient (Wildman–Crippen LogP) is 6.41. The first-order valence-corrected chi connectivity index (χ1v) is 12.4. The number of allylic oxidation sites excluding steroid dienone is 4. The maximum Gasteiger partial charge on any atom is 0.155 e. The second-order valence-electron chi connectivity index (χ2n) is 11.6. The summed E-state index contributed by atoms with van der Waals surface area (Å²) in [5.74, 6) is 1.03. The van der Waals surface area contributed by atoms with Crippen LogP contribution in [0.5, 0.6) is 0 Å². The van der Waals surface area contributed by atoms with E-state index in [1.54, 1.807) is 16.7 Å². The van der Waals surface area contributed by atoms with Crippen molar-refractivity contribution in [3.05, 3.63) is 22.8 Å². The summed E-state index contributed by atoms with van der Waals surface area (Å²) < 4.78 is 12.1. The van der Waals surface area contributed by atoms with E-state index in [1.807, 2.05) is 20.8 Å². The van der Waals surface area contributed by atoms with Gasteiger partial charge in [-0.25, -0.2) is 0 Å². The summed E-state index contributed by atoms with van der Waals surface area (Å²) in [7, 11) is 0. The van der Waals surface area contributed by atoms with Crippen LogP contribution in [-0.4, -0.2) is 30.2 Å². The highest BCUT2D eigenvalue weighted by atomic mass is 16.7. The summed E-state index contributed by atoms with van der Waals surface area (Å²) >= 11 is 0. The molecule has 0 amide bonds. The van der Waals surface area contributed by atoms with Crippen molar-refractivity contribution in [2.24, 2.45) is 28.1 Å². The molecule has 0 bridgehead atoms. The van der Waals surface area contributed by atoms with Crippen LogP contribution >= 0.6 is 0 Å². The monoisotopic (exact) mass is 416 g/mol. The first-order valence-electron chi connectivity index (χ1n) is 12.4. The molecule has 1 fully saturated rings. The number of hydrogen-bond donors (Lipinski definition) is 1. The Kier molecular flexibility index (Phi) is 5.82. The minimum atomic E-state index is -0.225. The molecule has 0 radical (unpaired) electrons. The molecule has 0 saturated heterocycles. The van der Waals surface area contributed by atoms with Gasteiger partial charge in [0.1, 0.15) is 0 Å². The van der Waals surface area contributed by atoms with E-state index >= 15 is 0 Å². The van der Waals surface area contributed by atoms with Gasteiger partial charge in [0, 0.05) is 6.61 Å². The lowest BCUT2D eigenvalue weighted by atomic mass is 9.46. The van der Waals surface area contributed by atoms with Crippen LogP contribution in [0.2, 0.25) is 0 Å². The van der Waals surface area contributed by atoms with Gasteiger partial charge in [-0.05, 0) is 105 Å². The fourth-order valence-corrected chi connectivity index (χ4v) is 8.18. The lowest BCUT2D eigenvalue weighted by Gasteiger charge is -2.60. The van der Waals surface area contributed by atoms with E-state index in [0.717, 1.165) is 12.8 Å². The molecule has 0 spiro atoms. The van der Waals surface area contributed by atoms with Crippen molar-refractivity contribution in [1.82, 2.24) is 0 Å². The summed E-state index contributed by atoms with van der Waals surface area (Å²) in [4.78, 5) is 0. The zero-order valence-electron chi connectivity index (χ0n) is 20.4. The van der Waals surface area contributed by atoms with Gasteiger partial charge in [0.2, 0.25) is 0 Å². The van der Waals surface area contributed by atoms with Crippen molar-refractivity contribution in [3.63, 3.8) is 0 Å². The fourth-order valence-electron chi connectivity index (χ4n) is 8.18. The first-order chi connectivity index (χ1) is 14.1. The minimum Gasteiger partial charge on any atom is -0.393 e. The Hall–Kier alpha value is -0.640. The van der Waals surface area contributed by atoms with Crippen molar-refractivity contribution in [2.45, 2.75) is 112 Å². The van der Waals surface area contributed by atoms with Crippen molar-refractivity contribution in [1.29, 1.82) is 0 Å². The molecule has 0 aromatic carbocycles. The minimum absolute atomic E-state index is 0.126. The van der Waals surface area contributed by atoms with Gasteiger partial charge in [-0.1, -0.05) is 39.3 Å². The van der Waals surface area contributed by atoms with Gasteiger partial charge in [-0.15, -0.1) is 0 Å². The number of fused-ring (bicyclic) bond motifs is 4. The number of aliphatic hydroxyl groups is 1. The number of ether oxygens (including phenoxy) is 2. The molecule has 4 rings (SSSR count). The maximum atomic E-state index is 10.4. The Morgan fingerprint density at radius 2 is 1.80 bits per heavy atom. The second-order valence-corrected chi connectivity index (χ2v) is 11.6. The molecule has 1 N–H and O–H groups in total. The van der Waals surface area contributed by atoms with E-state index in [-0.39, 0.29) is 34.7 Å². The predicted molar refractivity (Wildman–Crippen MR) is 122 cm³/mol. The average Bonchev–Trinajstić information content (AvgIpc) is 3.02. The normalized spacial score (nSPS) is 42.1. The Bertz CT molecular complexity index is 732. The highest BCUT2D eigenvalue weighted by Crippen LogP contribution is 2.66. The number of aliphatic hydroxyl groups excluding tert-OH is 1. The van der Waals surface area contributed by atoms with E-state index < -0.39 is 0 Å². The van der Waals surface area contributed by atoms with E-state index in [2.05, 4.69) is 33.8 Å². The van der Waals surface area contributed by atoms with Crippen LogP contribution in [0.25, 0.3) is 0 Å². The molecule has 7 atom stereocenters. The smallest absolute Gasteiger partial charge is 0.155 e. The lowest BCUT2D eigenvalue weighted by Crippen LogP contribution is -2.54. The van der Waals surface area contributed by atoms with E-state index in [0.29, 0.717) is 18.4 Å². The Labute approximate surface area is 184 Å². The zero-order valence-corrected chi connectivity index (χ0v) is 20.4.